The molecule has 0 heterocycles. The van der Waals surface area contributed by atoms with E-state index in [1.165, 1.54) is 12.0 Å². The number of hydrogen-bond acceptors (Lipinski definition) is 0. The quantitative estimate of drug-likeness (QED) is 0.727. The van der Waals surface area contributed by atoms with Gasteiger partial charge in [0.15, 0.2) is 0 Å². The van der Waals surface area contributed by atoms with Crippen LogP contribution in [0.15, 0.2) is 54.6 Å². The summed E-state index contributed by atoms with van der Waals surface area (Å²) >= 11 is 0. The minimum absolute atomic E-state index is 0. The van der Waals surface area contributed by atoms with Crippen LogP contribution in [-0.4, -0.2) is 26.9 Å². The Morgan fingerprint density at radius 2 is 1.47 bits per heavy atom. The zero-order chi connectivity index (χ0) is 13.2. The van der Waals surface area contributed by atoms with Gasteiger partial charge >= 0.3 is 18.9 Å². The van der Waals surface area contributed by atoms with Crippen LogP contribution in [0.25, 0.3) is 0 Å². The molecule has 0 amide bonds. The zero-order valence-electron chi connectivity index (χ0n) is 11.9. The van der Waals surface area contributed by atoms with Gasteiger partial charge in [-0.05, 0) is 11.5 Å². The van der Waals surface area contributed by atoms with Crippen molar-refractivity contribution in [2.75, 3.05) is 0 Å². The number of benzene rings is 1. The van der Waals surface area contributed by atoms with Crippen molar-refractivity contribution in [1.82, 2.24) is 0 Å². The second-order valence-electron chi connectivity index (χ2n) is 6.48. The average Bonchev–Trinajstić information content (AvgIpc) is 2.83. The van der Waals surface area contributed by atoms with E-state index in [1.807, 2.05) is 0 Å². The van der Waals surface area contributed by atoms with Gasteiger partial charge in [0.2, 0.25) is 0 Å². The normalized spacial score (nSPS) is 15.6. The molecule has 1 aliphatic rings. The summed E-state index contributed by atoms with van der Waals surface area (Å²) in [5.74, 6) is 1.47. The Balaban J connectivity index is 0.00000180. The summed E-state index contributed by atoms with van der Waals surface area (Å²) in [6.45, 7) is 9.71. The molecule has 0 atom stereocenters. The average molecular weight is 263 g/mol. The molecule has 0 nitrogen and oxygen atoms in total. The monoisotopic (exact) mass is 263 g/mol. The SMILES string of the molecule is CC(C)(C[Si](C)(C)c1ccccc1)[C]1C=CC=C1.[LiH]. The fourth-order valence-electron chi connectivity index (χ4n) is 3.02. The molecule has 2 rings (SSSR count). The Labute approximate surface area is 131 Å². The fraction of sp³-hybridized carbons (Fsp3) is 0.353. The summed E-state index contributed by atoms with van der Waals surface area (Å²) in [6.07, 6.45) is 8.81. The van der Waals surface area contributed by atoms with Gasteiger partial charge < -0.3 is 0 Å². The third kappa shape index (κ3) is 3.99. The van der Waals surface area contributed by atoms with Crippen LogP contribution in [0.3, 0.4) is 0 Å². The van der Waals surface area contributed by atoms with E-state index < -0.39 is 8.07 Å². The molecule has 97 valence electrons. The van der Waals surface area contributed by atoms with Crippen molar-refractivity contribution in [3.8, 4) is 0 Å². The van der Waals surface area contributed by atoms with E-state index in [9.17, 15) is 0 Å². The van der Waals surface area contributed by atoms with Crippen molar-refractivity contribution in [3.63, 3.8) is 0 Å². The first-order valence-electron chi connectivity index (χ1n) is 6.70. The van der Waals surface area contributed by atoms with Crippen LogP contribution in [0.1, 0.15) is 13.8 Å². The third-order valence-electron chi connectivity index (χ3n) is 3.88. The molecule has 0 fully saturated rings. The van der Waals surface area contributed by atoms with Crippen molar-refractivity contribution in [2.24, 2.45) is 5.41 Å². The summed E-state index contributed by atoms with van der Waals surface area (Å²) < 4.78 is 0. The summed E-state index contributed by atoms with van der Waals surface area (Å²) in [6, 6.07) is 12.3. The second kappa shape index (κ2) is 6.31. The van der Waals surface area contributed by atoms with E-state index in [0.717, 1.165) is 0 Å². The van der Waals surface area contributed by atoms with E-state index in [-0.39, 0.29) is 24.3 Å². The van der Waals surface area contributed by atoms with Gasteiger partial charge in [0.1, 0.15) is 0 Å². The summed E-state index contributed by atoms with van der Waals surface area (Å²) in [4.78, 5) is 0. The molecular formula is C17H24LiSi. The number of hydrogen-bond donors (Lipinski definition) is 0. The predicted octanol–water partition coefficient (Wildman–Crippen LogP) is 3.68. The molecule has 19 heavy (non-hydrogen) atoms. The van der Waals surface area contributed by atoms with Gasteiger partial charge in [0.25, 0.3) is 0 Å². The van der Waals surface area contributed by atoms with Crippen LogP contribution >= 0.6 is 0 Å². The van der Waals surface area contributed by atoms with Crippen LogP contribution in [0, 0.1) is 11.3 Å². The molecule has 0 aliphatic heterocycles. The molecule has 0 saturated heterocycles. The van der Waals surface area contributed by atoms with Crippen molar-refractivity contribution >= 4 is 32.1 Å². The Morgan fingerprint density at radius 3 is 2.00 bits per heavy atom. The molecule has 0 spiro atoms. The molecule has 0 aromatic heterocycles. The minimum atomic E-state index is -1.37. The van der Waals surface area contributed by atoms with Crippen LogP contribution in [0.5, 0.6) is 0 Å². The van der Waals surface area contributed by atoms with Gasteiger partial charge in [0, 0.05) is 5.92 Å². The van der Waals surface area contributed by atoms with Gasteiger partial charge in [-0.2, -0.15) is 0 Å². The number of rotatable bonds is 4. The Hall–Kier alpha value is -0.486. The second-order valence-corrected chi connectivity index (χ2v) is 11.2. The molecule has 1 aliphatic carbocycles. The molecule has 1 radical (unpaired) electrons. The maximum atomic E-state index is 2.48. The number of allylic oxidation sites excluding steroid dienone is 4. The Bertz CT molecular complexity index is 445. The maximum absolute atomic E-state index is 2.48. The van der Waals surface area contributed by atoms with Gasteiger partial charge in [-0.25, -0.2) is 0 Å². The Morgan fingerprint density at radius 1 is 0.947 bits per heavy atom. The van der Waals surface area contributed by atoms with E-state index in [2.05, 4.69) is 81.6 Å². The molecule has 1 aromatic carbocycles. The van der Waals surface area contributed by atoms with Gasteiger partial charge in [-0.15, -0.1) is 0 Å². The summed E-state index contributed by atoms with van der Waals surface area (Å²) in [5.41, 5.74) is 0.273. The fourth-order valence-corrected chi connectivity index (χ4v) is 6.74. The van der Waals surface area contributed by atoms with E-state index >= 15 is 0 Å². The molecular weight excluding hydrogens is 239 g/mol. The van der Waals surface area contributed by atoms with Crippen molar-refractivity contribution < 1.29 is 0 Å². The standard InChI is InChI=1S/C17H23Si.Li.H/c1-17(2,15-10-8-9-11-15)14-18(3,4)16-12-6-5-7-13-16;;/h5-13H,14H2,1-4H3;;. The molecule has 0 N–H and O–H groups in total. The van der Waals surface area contributed by atoms with Crippen molar-refractivity contribution in [1.29, 1.82) is 0 Å². The molecule has 0 bridgehead atoms. The van der Waals surface area contributed by atoms with Crippen LogP contribution in [0.4, 0.5) is 0 Å². The molecule has 1 aromatic rings. The molecule has 0 saturated carbocycles. The summed E-state index contributed by atoms with van der Waals surface area (Å²) in [5, 5.41) is 1.56. The van der Waals surface area contributed by atoms with E-state index in [0.29, 0.717) is 0 Å². The predicted molar refractivity (Wildman–Crippen MR) is 90.8 cm³/mol. The first-order valence-corrected chi connectivity index (χ1v) is 9.90. The first-order chi connectivity index (χ1) is 8.42. The Kier molecular flexibility index (Phi) is 5.50. The summed E-state index contributed by atoms with van der Waals surface area (Å²) in [7, 11) is -1.37. The van der Waals surface area contributed by atoms with Crippen LogP contribution in [0.2, 0.25) is 19.1 Å². The van der Waals surface area contributed by atoms with E-state index in [4.69, 9.17) is 0 Å². The van der Waals surface area contributed by atoms with Gasteiger partial charge in [-0.3, -0.25) is 0 Å². The van der Waals surface area contributed by atoms with Crippen molar-refractivity contribution in [3.05, 3.63) is 60.6 Å². The molecule has 0 unspecified atom stereocenters. The zero-order valence-corrected chi connectivity index (χ0v) is 12.9. The topological polar surface area (TPSA) is 0 Å². The van der Waals surface area contributed by atoms with E-state index in [1.54, 1.807) is 5.19 Å². The third-order valence-corrected chi connectivity index (χ3v) is 7.55. The van der Waals surface area contributed by atoms with Gasteiger partial charge in [-0.1, -0.05) is 86.8 Å². The first kappa shape index (κ1) is 16.6. The van der Waals surface area contributed by atoms with Crippen molar-refractivity contribution in [2.45, 2.75) is 33.0 Å². The van der Waals surface area contributed by atoms with Crippen LogP contribution in [-0.2, 0) is 0 Å². The van der Waals surface area contributed by atoms with Crippen LogP contribution < -0.4 is 5.19 Å². The van der Waals surface area contributed by atoms with Gasteiger partial charge in [0.05, 0.1) is 8.07 Å². The molecule has 2 heteroatoms.